The van der Waals surface area contributed by atoms with Gasteiger partial charge in [0.05, 0.1) is 4.90 Å². The van der Waals surface area contributed by atoms with Gasteiger partial charge in [-0.15, -0.1) is 0 Å². The number of halogens is 1. The summed E-state index contributed by atoms with van der Waals surface area (Å²) in [6.07, 6.45) is 1.78. The molecule has 0 bridgehead atoms. The van der Waals surface area contributed by atoms with Crippen molar-refractivity contribution in [2.45, 2.75) is 24.7 Å². The summed E-state index contributed by atoms with van der Waals surface area (Å²) in [5.41, 5.74) is 6.86. The molecule has 1 fully saturated rings. The third-order valence-corrected chi connectivity index (χ3v) is 5.57. The van der Waals surface area contributed by atoms with Gasteiger partial charge in [0.1, 0.15) is 0 Å². The van der Waals surface area contributed by atoms with Gasteiger partial charge < -0.3 is 10.5 Å². The summed E-state index contributed by atoms with van der Waals surface area (Å²) in [5.74, 6) is 0.336. The third-order valence-electron chi connectivity index (χ3n) is 3.56. The number of nitrogen functional groups attached to an aromatic ring is 1. The number of sulfonamides is 1. The maximum absolute atomic E-state index is 12.4. The summed E-state index contributed by atoms with van der Waals surface area (Å²) in [6, 6.07) is 3.28. The van der Waals surface area contributed by atoms with E-state index < -0.39 is 10.0 Å². The quantitative estimate of drug-likeness (QED) is 0.803. The molecule has 5 nitrogen and oxygen atoms in total. The standard InChI is InChI=1S/C13H19BrN2O3S/c1-9-12(15)6-11(14)7-13(9)20(17,18)16-8-10-2-4-19-5-3-10/h6-7,10,16H,2-5,8,15H2,1H3. The SMILES string of the molecule is Cc1c(N)cc(Br)cc1S(=O)(=O)NCC1CCOCC1. The zero-order valence-electron chi connectivity index (χ0n) is 11.4. The first-order valence-corrected chi connectivity index (χ1v) is 8.81. The number of benzene rings is 1. The molecule has 0 spiro atoms. The number of hydrogen-bond acceptors (Lipinski definition) is 4. The molecule has 1 aromatic carbocycles. The molecule has 0 aliphatic carbocycles. The first kappa shape index (κ1) is 15.8. The molecular weight excluding hydrogens is 344 g/mol. The fourth-order valence-corrected chi connectivity index (χ4v) is 4.25. The van der Waals surface area contributed by atoms with Crippen LogP contribution in [0.5, 0.6) is 0 Å². The van der Waals surface area contributed by atoms with Crippen LogP contribution < -0.4 is 10.5 Å². The molecular formula is C13H19BrN2O3S. The van der Waals surface area contributed by atoms with E-state index in [1.165, 1.54) is 0 Å². The molecule has 0 saturated carbocycles. The minimum Gasteiger partial charge on any atom is -0.398 e. The molecule has 3 N–H and O–H groups in total. The fraction of sp³-hybridized carbons (Fsp3) is 0.538. The lowest BCUT2D eigenvalue weighted by Gasteiger charge is -2.22. The number of hydrogen-bond donors (Lipinski definition) is 2. The summed E-state index contributed by atoms with van der Waals surface area (Å²) in [6.45, 7) is 3.56. The van der Waals surface area contributed by atoms with Gasteiger partial charge in [0.15, 0.2) is 0 Å². The van der Waals surface area contributed by atoms with Gasteiger partial charge in [0, 0.05) is 29.9 Å². The van der Waals surface area contributed by atoms with Crippen molar-refractivity contribution >= 4 is 31.6 Å². The topological polar surface area (TPSA) is 81.4 Å². The first-order valence-electron chi connectivity index (χ1n) is 6.53. The molecule has 1 aliphatic rings. The summed E-state index contributed by atoms with van der Waals surface area (Å²) >= 11 is 3.28. The van der Waals surface area contributed by atoms with Gasteiger partial charge >= 0.3 is 0 Å². The molecule has 0 atom stereocenters. The molecule has 7 heteroatoms. The Morgan fingerprint density at radius 3 is 2.70 bits per heavy atom. The molecule has 112 valence electrons. The lowest BCUT2D eigenvalue weighted by Crippen LogP contribution is -2.32. The largest absolute Gasteiger partial charge is 0.398 e. The molecule has 1 saturated heterocycles. The molecule has 0 amide bonds. The van der Waals surface area contributed by atoms with Crippen molar-refractivity contribution in [3.63, 3.8) is 0 Å². The Labute approximate surface area is 128 Å². The molecule has 1 aromatic rings. The highest BCUT2D eigenvalue weighted by molar-refractivity contribution is 9.10. The van der Waals surface area contributed by atoms with E-state index >= 15 is 0 Å². The fourth-order valence-electron chi connectivity index (χ4n) is 2.21. The Balaban J connectivity index is 2.14. The molecule has 0 unspecified atom stereocenters. The van der Waals surface area contributed by atoms with Crippen molar-refractivity contribution in [1.82, 2.24) is 4.72 Å². The lowest BCUT2D eigenvalue weighted by molar-refractivity contribution is 0.0678. The average molecular weight is 363 g/mol. The normalized spacial score (nSPS) is 17.3. The van der Waals surface area contributed by atoms with Crippen LogP contribution in [0.2, 0.25) is 0 Å². The Morgan fingerprint density at radius 2 is 2.05 bits per heavy atom. The van der Waals surface area contributed by atoms with E-state index in [0.29, 0.717) is 41.4 Å². The van der Waals surface area contributed by atoms with E-state index in [2.05, 4.69) is 20.7 Å². The second kappa shape index (κ2) is 6.43. The molecule has 1 heterocycles. The lowest BCUT2D eigenvalue weighted by atomic mass is 10.0. The summed E-state index contributed by atoms with van der Waals surface area (Å²) in [5, 5.41) is 0. The predicted molar refractivity (Wildman–Crippen MR) is 82.0 cm³/mol. The van der Waals surface area contributed by atoms with Gasteiger partial charge in [-0.2, -0.15) is 0 Å². The Kier molecular flexibility index (Phi) is 5.06. The van der Waals surface area contributed by atoms with Gasteiger partial charge in [-0.25, -0.2) is 13.1 Å². The van der Waals surface area contributed by atoms with Gasteiger partial charge in [-0.05, 0) is 43.4 Å². The summed E-state index contributed by atoms with van der Waals surface area (Å²) in [4.78, 5) is 0.233. The van der Waals surface area contributed by atoms with Crippen molar-refractivity contribution in [2.24, 2.45) is 5.92 Å². The monoisotopic (exact) mass is 362 g/mol. The van der Waals surface area contributed by atoms with Crippen LogP contribution in [0.15, 0.2) is 21.5 Å². The molecule has 0 radical (unpaired) electrons. The van der Waals surface area contributed by atoms with Crippen molar-refractivity contribution in [2.75, 3.05) is 25.5 Å². The highest BCUT2D eigenvalue weighted by atomic mass is 79.9. The zero-order valence-corrected chi connectivity index (χ0v) is 13.8. The number of anilines is 1. The van der Waals surface area contributed by atoms with Gasteiger partial charge in [0.2, 0.25) is 10.0 Å². The van der Waals surface area contributed by atoms with Crippen LogP contribution in [-0.4, -0.2) is 28.2 Å². The van der Waals surface area contributed by atoms with Gasteiger partial charge in [-0.1, -0.05) is 15.9 Å². The highest BCUT2D eigenvalue weighted by Crippen LogP contribution is 2.26. The second-order valence-corrected chi connectivity index (χ2v) is 7.68. The van der Waals surface area contributed by atoms with Crippen LogP contribution in [0.4, 0.5) is 5.69 Å². The molecule has 0 aromatic heterocycles. The molecule has 20 heavy (non-hydrogen) atoms. The second-order valence-electron chi connectivity index (χ2n) is 5.03. The highest BCUT2D eigenvalue weighted by Gasteiger charge is 2.21. The van der Waals surface area contributed by atoms with E-state index in [0.717, 1.165) is 12.8 Å². The Bertz CT molecular complexity index is 584. The maximum atomic E-state index is 12.4. The van der Waals surface area contributed by atoms with Crippen LogP contribution in [0, 0.1) is 12.8 Å². The van der Waals surface area contributed by atoms with Crippen LogP contribution in [0.1, 0.15) is 18.4 Å². The van der Waals surface area contributed by atoms with Crippen LogP contribution in [0.25, 0.3) is 0 Å². The number of ether oxygens (including phenoxy) is 1. The van der Waals surface area contributed by atoms with E-state index in [9.17, 15) is 8.42 Å². The Hall–Kier alpha value is -0.630. The van der Waals surface area contributed by atoms with Crippen molar-refractivity contribution in [3.8, 4) is 0 Å². The van der Waals surface area contributed by atoms with Gasteiger partial charge in [-0.3, -0.25) is 0 Å². The Morgan fingerprint density at radius 1 is 1.40 bits per heavy atom. The van der Waals surface area contributed by atoms with Crippen molar-refractivity contribution in [3.05, 3.63) is 22.2 Å². The van der Waals surface area contributed by atoms with Crippen LogP contribution >= 0.6 is 15.9 Å². The zero-order chi connectivity index (χ0) is 14.8. The van der Waals surface area contributed by atoms with E-state index in [4.69, 9.17) is 10.5 Å². The predicted octanol–water partition coefficient (Wildman–Crippen LogP) is 2.04. The number of rotatable bonds is 4. The molecule has 2 rings (SSSR count). The minimum atomic E-state index is -3.54. The van der Waals surface area contributed by atoms with Crippen molar-refractivity contribution in [1.29, 1.82) is 0 Å². The summed E-state index contributed by atoms with van der Waals surface area (Å²) in [7, 11) is -3.54. The minimum absolute atomic E-state index is 0.233. The van der Waals surface area contributed by atoms with Gasteiger partial charge in [0.25, 0.3) is 0 Å². The van der Waals surface area contributed by atoms with Crippen LogP contribution in [-0.2, 0) is 14.8 Å². The third kappa shape index (κ3) is 3.72. The maximum Gasteiger partial charge on any atom is 0.240 e. The van der Waals surface area contributed by atoms with Crippen LogP contribution in [0.3, 0.4) is 0 Å². The van der Waals surface area contributed by atoms with Crippen molar-refractivity contribution < 1.29 is 13.2 Å². The van der Waals surface area contributed by atoms with E-state index in [1.807, 2.05) is 0 Å². The smallest absolute Gasteiger partial charge is 0.240 e. The molecule has 1 aliphatic heterocycles. The summed E-state index contributed by atoms with van der Waals surface area (Å²) < 4.78 is 33.4. The average Bonchev–Trinajstić information content (AvgIpc) is 2.42. The van der Waals surface area contributed by atoms with E-state index in [1.54, 1.807) is 19.1 Å². The number of nitrogens with one attached hydrogen (secondary N) is 1. The van der Waals surface area contributed by atoms with E-state index in [-0.39, 0.29) is 4.90 Å². The first-order chi connectivity index (χ1) is 9.40. The number of nitrogens with two attached hydrogens (primary N) is 1.